The second-order valence-corrected chi connectivity index (χ2v) is 7.93. The Balaban J connectivity index is 1.57. The maximum Gasteiger partial charge on any atom is 0.306 e. The van der Waals surface area contributed by atoms with E-state index in [0.29, 0.717) is 5.92 Å². The number of piperidine rings is 1. The molecule has 5 heteroatoms. The van der Waals surface area contributed by atoms with Crippen molar-refractivity contribution in [2.24, 2.45) is 11.8 Å². The summed E-state index contributed by atoms with van der Waals surface area (Å²) in [5.74, 6) is -0.424. The highest BCUT2D eigenvalue weighted by Gasteiger charge is 2.31. The molecule has 1 aromatic carbocycles. The van der Waals surface area contributed by atoms with Crippen molar-refractivity contribution >= 4 is 11.7 Å². The zero-order valence-electron chi connectivity index (χ0n) is 16.6. The minimum absolute atomic E-state index is 0.160. The van der Waals surface area contributed by atoms with Gasteiger partial charge in [-0.05, 0) is 49.9 Å². The zero-order valence-corrected chi connectivity index (χ0v) is 16.6. The molecule has 2 heterocycles. The molecule has 1 atom stereocenters. The molecule has 0 saturated carbocycles. The Labute approximate surface area is 163 Å². The maximum absolute atomic E-state index is 11.7. The maximum atomic E-state index is 11.7. The standard InChI is InChI=1S/C22H34N2O3/c1-2-3-7-20(22(25)26)18-9-11-23(12-10-18)17-19-6-4-5-8-21(19)24-13-15-27-16-14-24/h4-6,8,18,20H,2-3,7,9-17H2,1H3,(H,25,26). The number of rotatable bonds is 8. The Morgan fingerprint density at radius 1 is 1.19 bits per heavy atom. The predicted molar refractivity (Wildman–Crippen MR) is 108 cm³/mol. The van der Waals surface area contributed by atoms with Gasteiger partial charge in [0, 0.05) is 25.3 Å². The fraction of sp³-hybridized carbons (Fsp3) is 0.682. The Bertz CT molecular complexity index is 593. The molecule has 2 aliphatic rings. The van der Waals surface area contributed by atoms with Crippen molar-refractivity contribution in [3.8, 4) is 0 Å². The van der Waals surface area contributed by atoms with Gasteiger partial charge in [0.1, 0.15) is 0 Å². The molecule has 1 unspecified atom stereocenters. The molecule has 2 fully saturated rings. The number of para-hydroxylation sites is 1. The fourth-order valence-electron chi connectivity index (χ4n) is 4.50. The van der Waals surface area contributed by atoms with Crippen molar-refractivity contribution in [3.05, 3.63) is 29.8 Å². The van der Waals surface area contributed by atoms with Crippen LogP contribution in [0.2, 0.25) is 0 Å². The first-order valence-corrected chi connectivity index (χ1v) is 10.5. The van der Waals surface area contributed by atoms with Crippen LogP contribution in [0.5, 0.6) is 0 Å². The van der Waals surface area contributed by atoms with Crippen LogP contribution in [0.3, 0.4) is 0 Å². The number of unbranched alkanes of at least 4 members (excludes halogenated alkanes) is 1. The van der Waals surface area contributed by atoms with Crippen LogP contribution in [-0.4, -0.2) is 55.4 Å². The second kappa shape index (κ2) is 10.1. The second-order valence-electron chi connectivity index (χ2n) is 7.93. The van der Waals surface area contributed by atoms with E-state index in [2.05, 4.69) is 41.0 Å². The van der Waals surface area contributed by atoms with Crippen molar-refractivity contribution in [3.63, 3.8) is 0 Å². The highest BCUT2D eigenvalue weighted by molar-refractivity contribution is 5.70. The van der Waals surface area contributed by atoms with Gasteiger partial charge in [0.25, 0.3) is 0 Å². The third-order valence-electron chi connectivity index (χ3n) is 6.12. The Morgan fingerprint density at radius 3 is 2.56 bits per heavy atom. The first-order valence-electron chi connectivity index (χ1n) is 10.5. The van der Waals surface area contributed by atoms with E-state index in [0.717, 1.165) is 78.0 Å². The summed E-state index contributed by atoms with van der Waals surface area (Å²) in [6.45, 7) is 8.59. The summed E-state index contributed by atoms with van der Waals surface area (Å²) in [6, 6.07) is 8.69. The molecule has 0 spiro atoms. The highest BCUT2D eigenvalue weighted by atomic mass is 16.5. The predicted octanol–water partition coefficient (Wildman–Crippen LogP) is 3.63. The van der Waals surface area contributed by atoms with Crippen LogP contribution in [-0.2, 0) is 16.1 Å². The van der Waals surface area contributed by atoms with E-state index in [4.69, 9.17) is 4.74 Å². The minimum atomic E-state index is -0.598. The minimum Gasteiger partial charge on any atom is -0.481 e. The summed E-state index contributed by atoms with van der Waals surface area (Å²) in [5.41, 5.74) is 2.70. The van der Waals surface area contributed by atoms with Crippen molar-refractivity contribution in [2.45, 2.75) is 45.6 Å². The van der Waals surface area contributed by atoms with Gasteiger partial charge in [-0.3, -0.25) is 9.69 Å². The Kier molecular flexibility index (Phi) is 7.53. The van der Waals surface area contributed by atoms with Crippen LogP contribution in [0.25, 0.3) is 0 Å². The lowest BCUT2D eigenvalue weighted by Crippen LogP contribution is -2.39. The largest absolute Gasteiger partial charge is 0.481 e. The molecule has 150 valence electrons. The fourth-order valence-corrected chi connectivity index (χ4v) is 4.50. The van der Waals surface area contributed by atoms with Crippen LogP contribution in [0.1, 0.15) is 44.6 Å². The Morgan fingerprint density at radius 2 is 1.89 bits per heavy atom. The van der Waals surface area contributed by atoms with Gasteiger partial charge in [0.05, 0.1) is 19.1 Å². The number of carboxylic acids is 1. The number of ether oxygens (including phenoxy) is 1. The highest BCUT2D eigenvalue weighted by Crippen LogP contribution is 2.31. The third kappa shape index (κ3) is 5.45. The molecule has 2 aliphatic heterocycles. The van der Waals surface area contributed by atoms with E-state index in [1.165, 1.54) is 11.3 Å². The molecule has 0 amide bonds. The van der Waals surface area contributed by atoms with E-state index in [-0.39, 0.29) is 5.92 Å². The molecule has 0 aromatic heterocycles. The first-order chi connectivity index (χ1) is 13.2. The zero-order chi connectivity index (χ0) is 19.1. The van der Waals surface area contributed by atoms with Gasteiger partial charge < -0.3 is 14.7 Å². The number of hydrogen-bond donors (Lipinski definition) is 1. The number of aliphatic carboxylic acids is 1. The van der Waals surface area contributed by atoms with E-state index < -0.39 is 5.97 Å². The van der Waals surface area contributed by atoms with E-state index in [9.17, 15) is 9.90 Å². The number of likely N-dealkylation sites (tertiary alicyclic amines) is 1. The van der Waals surface area contributed by atoms with Crippen molar-refractivity contribution < 1.29 is 14.6 Å². The number of carboxylic acid groups (broad SMARTS) is 1. The molecule has 1 aromatic rings. The first kappa shape index (κ1) is 20.2. The van der Waals surface area contributed by atoms with Gasteiger partial charge in [-0.2, -0.15) is 0 Å². The molecule has 1 N–H and O–H groups in total. The smallest absolute Gasteiger partial charge is 0.306 e. The number of benzene rings is 1. The van der Waals surface area contributed by atoms with Gasteiger partial charge in [-0.15, -0.1) is 0 Å². The van der Waals surface area contributed by atoms with Gasteiger partial charge in [-0.25, -0.2) is 0 Å². The number of nitrogens with zero attached hydrogens (tertiary/aromatic N) is 2. The van der Waals surface area contributed by atoms with Gasteiger partial charge in [0.2, 0.25) is 0 Å². The van der Waals surface area contributed by atoms with Crippen molar-refractivity contribution in [2.75, 3.05) is 44.3 Å². The van der Waals surface area contributed by atoms with Crippen molar-refractivity contribution in [1.82, 2.24) is 4.90 Å². The molecule has 5 nitrogen and oxygen atoms in total. The van der Waals surface area contributed by atoms with Crippen LogP contribution in [0.15, 0.2) is 24.3 Å². The van der Waals surface area contributed by atoms with Crippen molar-refractivity contribution in [1.29, 1.82) is 0 Å². The third-order valence-corrected chi connectivity index (χ3v) is 6.12. The summed E-state index contributed by atoms with van der Waals surface area (Å²) >= 11 is 0. The Hall–Kier alpha value is -1.59. The van der Waals surface area contributed by atoms with Crippen LogP contribution in [0.4, 0.5) is 5.69 Å². The normalized spacial score (nSPS) is 20.6. The summed E-state index contributed by atoms with van der Waals surface area (Å²) in [5, 5.41) is 9.60. The summed E-state index contributed by atoms with van der Waals surface area (Å²) in [7, 11) is 0. The molecule has 0 aliphatic carbocycles. The number of morpholine rings is 1. The molecule has 0 bridgehead atoms. The molecule has 3 rings (SSSR count). The topological polar surface area (TPSA) is 53.0 Å². The van der Waals surface area contributed by atoms with Gasteiger partial charge in [0.15, 0.2) is 0 Å². The number of carbonyl (C=O) groups is 1. The lowest BCUT2D eigenvalue weighted by molar-refractivity contribution is -0.144. The molecule has 2 saturated heterocycles. The van der Waals surface area contributed by atoms with Crippen LogP contribution in [0, 0.1) is 11.8 Å². The molecule has 27 heavy (non-hydrogen) atoms. The summed E-state index contributed by atoms with van der Waals surface area (Å²) < 4.78 is 5.49. The van der Waals surface area contributed by atoms with Crippen LogP contribution < -0.4 is 4.90 Å². The quantitative estimate of drug-likeness (QED) is 0.753. The number of anilines is 1. The average molecular weight is 375 g/mol. The summed E-state index contributed by atoms with van der Waals surface area (Å²) in [4.78, 5) is 16.6. The van der Waals surface area contributed by atoms with Gasteiger partial charge >= 0.3 is 5.97 Å². The van der Waals surface area contributed by atoms with E-state index in [1.807, 2.05) is 0 Å². The average Bonchev–Trinajstić information content (AvgIpc) is 2.70. The number of hydrogen-bond acceptors (Lipinski definition) is 4. The van der Waals surface area contributed by atoms with E-state index in [1.54, 1.807) is 0 Å². The van der Waals surface area contributed by atoms with Crippen LogP contribution >= 0.6 is 0 Å². The molecular weight excluding hydrogens is 340 g/mol. The van der Waals surface area contributed by atoms with Gasteiger partial charge in [-0.1, -0.05) is 38.0 Å². The monoisotopic (exact) mass is 374 g/mol. The molecular formula is C22H34N2O3. The lowest BCUT2D eigenvalue weighted by Gasteiger charge is -2.36. The molecule has 0 radical (unpaired) electrons. The SMILES string of the molecule is CCCCC(C(=O)O)C1CCN(Cc2ccccc2N2CCOCC2)CC1. The summed E-state index contributed by atoms with van der Waals surface area (Å²) in [6.07, 6.45) is 4.92. The van der Waals surface area contributed by atoms with E-state index >= 15 is 0 Å². The lowest BCUT2D eigenvalue weighted by atomic mass is 9.81.